The van der Waals surface area contributed by atoms with E-state index >= 15 is 0 Å². The summed E-state index contributed by atoms with van der Waals surface area (Å²) in [6.45, 7) is 8.13. The number of hydrogen-bond donors (Lipinski definition) is 0. The van der Waals surface area contributed by atoms with Gasteiger partial charge in [0.1, 0.15) is 0 Å². The average Bonchev–Trinajstić information content (AvgIpc) is 2.76. The molecule has 24 heavy (non-hydrogen) atoms. The molecule has 0 saturated carbocycles. The molecule has 2 aromatic rings. The van der Waals surface area contributed by atoms with E-state index in [1.807, 2.05) is 52.0 Å². The van der Waals surface area contributed by atoms with Crippen molar-refractivity contribution < 1.29 is 14.1 Å². The summed E-state index contributed by atoms with van der Waals surface area (Å²) in [6.07, 6.45) is 3.61. The van der Waals surface area contributed by atoms with Crippen LogP contribution in [0.25, 0.3) is 0 Å². The van der Waals surface area contributed by atoms with Crippen molar-refractivity contribution in [1.29, 1.82) is 0 Å². The maximum atomic E-state index is 12.4. The molecule has 1 aliphatic heterocycles. The van der Waals surface area contributed by atoms with Crippen LogP contribution >= 0.6 is 0 Å². The monoisotopic (exact) mass is 323 g/mol. The molecule has 2 heterocycles. The Hall–Kier alpha value is -1.98. The number of nitrogens with zero attached hydrogens (tertiary/aromatic N) is 1. The van der Waals surface area contributed by atoms with E-state index in [-0.39, 0.29) is 17.0 Å². The van der Waals surface area contributed by atoms with Crippen molar-refractivity contribution in [3.8, 4) is 0 Å². The molecule has 1 aromatic heterocycles. The number of benzene rings is 1. The lowest BCUT2D eigenvalue weighted by atomic mass is 9.78. The average molecular weight is 323 g/mol. The number of rotatable bonds is 4. The molecule has 1 fully saturated rings. The largest absolute Gasteiger partial charge is 0.494 e. The first-order valence-corrected chi connectivity index (χ1v) is 8.16. The van der Waals surface area contributed by atoms with Gasteiger partial charge in [-0.15, -0.1) is 0 Å². The number of carbonyl (C=O) groups is 1. The predicted molar refractivity (Wildman–Crippen MR) is 94.4 cm³/mol. The summed E-state index contributed by atoms with van der Waals surface area (Å²) in [5.74, 6) is 0.0727. The fourth-order valence-corrected chi connectivity index (χ4v) is 2.65. The van der Waals surface area contributed by atoms with Crippen LogP contribution in [0.4, 0.5) is 0 Å². The first-order chi connectivity index (χ1) is 11.3. The van der Waals surface area contributed by atoms with E-state index in [9.17, 15) is 4.79 Å². The minimum Gasteiger partial charge on any atom is -0.399 e. The third-order valence-corrected chi connectivity index (χ3v) is 4.84. The van der Waals surface area contributed by atoms with Crippen LogP contribution in [0.15, 0.2) is 48.8 Å². The number of hydrogen-bond acceptors (Lipinski definition) is 4. The second kappa shape index (κ2) is 6.15. The van der Waals surface area contributed by atoms with Gasteiger partial charge in [0, 0.05) is 24.4 Å². The quantitative estimate of drug-likeness (QED) is 0.641. The van der Waals surface area contributed by atoms with Crippen LogP contribution in [0, 0.1) is 0 Å². The molecule has 124 valence electrons. The van der Waals surface area contributed by atoms with Gasteiger partial charge in [-0.3, -0.25) is 9.78 Å². The van der Waals surface area contributed by atoms with Crippen molar-refractivity contribution >= 4 is 18.4 Å². The minimum atomic E-state index is -0.411. The lowest BCUT2D eigenvalue weighted by Crippen LogP contribution is -2.41. The fourth-order valence-electron chi connectivity index (χ4n) is 2.65. The van der Waals surface area contributed by atoms with Crippen molar-refractivity contribution in [2.75, 3.05) is 0 Å². The van der Waals surface area contributed by atoms with Crippen LogP contribution in [0.3, 0.4) is 0 Å². The Labute approximate surface area is 143 Å². The normalized spacial score (nSPS) is 18.6. The van der Waals surface area contributed by atoms with E-state index in [4.69, 9.17) is 9.31 Å². The third-order valence-electron chi connectivity index (χ3n) is 4.84. The lowest BCUT2D eigenvalue weighted by Gasteiger charge is -2.32. The molecule has 0 atom stereocenters. The molecule has 0 amide bonds. The zero-order valence-electron chi connectivity index (χ0n) is 14.6. The fraction of sp³-hybridized carbons (Fsp3) is 0.368. The summed E-state index contributed by atoms with van der Waals surface area (Å²) < 4.78 is 12.2. The highest BCUT2D eigenvalue weighted by Gasteiger charge is 2.51. The van der Waals surface area contributed by atoms with Gasteiger partial charge in [0.05, 0.1) is 11.2 Å². The van der Waals surface area contributed by atoms with Crippen LogP contribution in [0.5, 0.6) is 0 Å². The molecule has 5 heteroatoms. The van der Waals surface area contributed by atoms with Crippen LogP contribution in [0.1, 0.15) is 43.6 Å². The van der Waals surface area contributed by atoms with Crippen LogP contribution < -0.4 is 5.46 Å². The molecular formula is C19H22BNO3. The van der Waals surface area contributed by atoms with Crippen molar-refractivity contribution in [2.45, 2.75) is 45.3 Å². The van der Waals surface area contributed by atoms with Gasteiger partial charge < -0.3 is 9.31 Å². The Balaban J connectivity index is 1.77. The van der Waals surface area contributed by atoms with Gasteiger partial charge in [0.25, 0.3) is 0 Å². The van der Waals surface area contributed by atoms with E-state index in [1.165, 1.54) is 0 Å². The smallest absolute Gasteiger partial charge is 0.399 e. The molecular weight excluding hydrogens is 301 g/mol. The van der Waals surface area contributed by atoms with Crippen LogP contribution in [-0.2, 0) is 15.7 Å². The summed E-state index contributed by atoms with van der Waals surface area (Å²) in [5, 5.41) is 0. The highest BCUT2D eigenvalue weighted by Crippen LogP contribution is 2.36. The molecule has 3 rings (SSSR count). The zero-order chi connectivity index (χ0) is 17.4. The van der Waals surface area contributed by atoms with Crippen molar-refractivity contribution in [3.05, 3.63) is 59.9 Å². The van der Waals surface area contributed by atoms with Gasteiger partial charge in [-0.25, -0.2) is 0 Å². The number of carbonyl (C=O) groups excluding carboxylic acids is 1. The molecule has 4 nitrogen and oxygen atoms in total. The second-order valence-electron chi connectivity index (χ2n) is 7.17. The van der Waals surface area contributed by atoms with Gasteiger partial charge >= 0.3 is 7.12 Å². The summed E-state index contributed by atoms with van der Waals surface area (Å²) in [6, 6.07) is 11.3. The molecule has 1 aromatic carbocycles. The number of aromatic nitrogens is 1. The molecule has 0 N–H and O–H groups in total. The molecule has 0 unspecified atom stereocenters. The van der Waals surface area contributed by atoms with Gasteiger partial charge in [0.2, 0.25) is 0 Å². The Bertz CT molecular complexity index is 727. The second-order valence-corrected chi connectivity index (χ2v) is 7.17. The number of Topliss-reactive ketones (excluding diaryl/α,β-unsaturated/α-hetero) is 1. The molecule has 0 bridgehead atoms. The topological polar surface area (TPSA) is 48.4 Å². The van der Waals surface area contributed by atoms with E-state index in [1.54, 1.807) is 24.5 Å². The zero-order valence-corrected chi connectivity index (χ0v) is 14.6. The Morgan fingerprint density at radius 3 is 2.29 bits per heavy atom. The first-order valence-electron chi connectivity index (χ1n) is 8.16. The highest BCUT2D eigenvalue weighted by atomic mass is 16.7. The molecule has 0 spiro atoms. The third kappa shape index (κ3) is 3.28. The molecule has 1 saturated heterocycles. The van der Waals surface area contributed by atoms with Gasteiger partial charge in [-0.1, -0.05) is 24.3 Å². The van der Waals surface area contributed by atoms with E-state index < -0.39 is 7.12 Å². The highest BCUT2D eigenvalue weighted by molar-refractivity contribution is 6.62. The van der Waals surface area contributed by atoms with Crippen molar-refractivity contribution in [1.82, 2.24) is 4.98 Å². The summed E-state index contributed by atoms with van der Waals surface area (Å²) in [5.41, 5.74) is 1.81. The SMILES string of the molecule is CC1(C)OB(c2cccc(CC(=O)c3ccncc3)c2)OC1(C)C. The van der Waals surface area contributed by atoms with Gasteiger partial charge in [-0.2, -0.15) is 0 Å². The van der Waals surface area contributed by atoms with Gasteiger partial charge in [-0.05, 0) is 50.9 Å². The number of pyridine rings is 1. The number of ketones is 1. The minimum absolute atomic E-state index is 0.0727. The van der Waals surface area contributed by atoms with E-state index in [0.717, 1.165) is 11.0 Å². The summed E-state index contributed by atoms with van der Waals surface area (Å²) in [7, 11) is -0.411. The maximum absolute atomic E-state index is 12.4. The Morgan fingerprint density at radius 2 is 1.67 bits per heavy atom. The predicted octanol–water partition coefficient (Wildman–Crippen LogP) is 2.81. The van der Waals surface area contributed by atoms with Crippen LogP contribution in [-0.4, -0.2) is 29.1 Å². The lowest BCUT2D eigenvalue weighted by molar-refractivity contribution is 0.00578. The van der Waals surface area contributed by atoms with Crippen molar-refractivity contribution in [3.63, 3.8) is 0 Å². The molecule has 0 radical (unpaired) electrons. The molecule has 1 aliphatic rings. The van der Waals surface area contributed by atoms with E-state index in [2.05, 4.69) is 4.98 Å². The Morgan fingerprint density at radius 1 is 1.04 bits per heavy atom. The first kappa shape index (κ1) is 16.9. The van der Waals surface area contributed by atoms with Crippen molar-refractivity contribution in [2.24, 2.45) is 0 Å². The summed E-state index contributed by atoms with van der Waals surface area (Å²) >= 11 is 0. The molecule has 0 aliphatic carbocycles. The summed E-state index contributed by atoms with van der Waals surface area (Å²) in [4.78, 5) is 16.3. The van der Waals surface area contributed by atoms with E-state index in [0.29, 0.717) is 12.0 Å². The van der Waals surface area contributed by atoms with Gasteiger partial charge in [0.15, 0.2) is 5.78 Å². The van der Waals surface area contributed by atoms with Crippen LogP contribution in [0.2, 0.25) is 0 Å². The standard InChI is InChI=1S/C19H22BNO3/c1-18(2)19(3,4)24-20(23-18)16-7-5-6-14(12-16)13-17(22)15-8-10-21-11-9-15/h5-12H,13H2,1-4H3. The Kier molecular flexibility index (Phi) is 4.32. The maximum Gasteiger partial charge on any atom is 0.494 e.